The minimum Gasteiger partial charge on any atom is -0.506 e. The molecule has 2 aromatic heterocycles. The van der Waals surface area contributed by atoms with Crippen LogP contribution in [0, 0.1) is 0 Å². The maximum absolute atomic E-state index is 9.95. The first-order valence-corrected chi connectivity index (χ1v) is 5.66. The van der Waals surface area contributed by atoms with E-state index in [4.69, 9.17) is 0 Å². The van der Waals surface area contributed by atoms with Crippen LogP contribution in [-0.2, 0) is 0 Å². The monoisotopic (exact) mass is 240 g/mol. The third-order valence-electron chi connectivity index (χ3n) is 2.97. The number of H-pyrrole nitrogens is 1. The topological polar surface area (TPSA) is 69.1 Å². The van der Waals surface area contributed by atoms with Crippen molar-refractivity contribution in [3.63, 3.8) is 0 Å². The number of aromatic hydroxyl groups is 2. The van der Waals surface area contributed by atoms with Crippen molar-refractivity contribution >= 4 is 27.9 Å². The molecule has 0 saturated heterocycles. The van der Waals surface area contributed by atoms with E-state index in [1.54, 1.807) is 12.1 Å². The van der Waals surface area contributed by atoms with Crippen LogP contribution in [0.3, 0.4) is 0 Å². The van der Waals surface area contributed by atoms with Gasteiger partial charge in [-0.2, -0.15) is 0 Å². The van der Waals surface area contributed by atoms with Gasteiger partial charge in [0.2, 0.25) is 0 Å². The molecule has 0 fully saturated rings. The SMILES string of the molecule is C/C=C/c1ncc(O)c2c1[nH]c1c(O)cccc12. The summed E-state index contributed by atoms with van der Waals surface area (Å²) in [6.07, 6.45) is 5.16. The summed E-state index contributed by atoms with van der Waals surface area (Å²) < 4.78 is 0. The highest BCUT2D eigenvalue weighted by Crippen LogP contribution is 2.36. The number of aromatic nitrogens is 2. The number of allylic oxidation sites excluding steroid dienone is 1. The average molecular weight is 240 g/mol. The number of hydrogen-bond donors (Lipinski definition) is 3. The maximum atomic E-state index is 9.95. The first-order valence-electron chi connectivity index (χ1n) is 5.66. The molecular formula is C14H12N2O2. The Kier molecular flexibility index (Phi) is 2.23. The first-order chi connectivity index (χ1) is 8.72. The second kappa shape index (κ2) is 3.77. The average Bonchev–Trinajstić information content (AvgIpc) is 2.75. The fourth-order valence-corrected chi connectivity index (χ4v) is 2.20. The van der Waals surface area contributed by atoms with Crippen molar-refractivity contribution in [2.45, 2.75) is 6.92 Å². The van der Waals surface area contributed by atoms with E-state index in [1.165, 1.54) is 6.20 Å². The fourth-order valence-electron chi connectivity index (χ4n) is 2.20. The van der Waals surface area contributed by atoms with Gasteiger partial charge in [-0.05, 0) is 19.1 Å². The van der Waals surface area contributed by atoms with Gasteiger partial charge in [0, 0.05) is 5.39 Å². The van der Waals surface area contributed by atoms with Crippen molar-refractivity contribution in [1.82, 2.24) is 9.97 Å². The number of para-hydroxylation sites is 1. The Balaban J connectivity index is 2.56. The Bertz CT molecular complexity index is 772. The lowest BCUT2D eigenvalue weighted by Gasteiger charge is -1.98. The lowest BCUT2D eigenvalue weighted by molar-refractivity contribution is 0.479. The van der Waals surface area contributed by atoms with E-state index in [9.17, 15) is 10.2 Å². The molecule has 3 rings (SSSR count). The summed E-state index contributed by atoms with van der Waals surface area (Å²) in [7, 11) is 0. The molecular weight excluding hydrogens is 228 g/mol. The van der Waals surface area contributed by atoms with Gasteiger partial charge in [-0.15, -0.1) is 0 Å². The van der Waals surface area contributed by atoms with Gasteiger partial charge in [-0.25, -0.2) is 0 Å². The molecule has 0 aliphatic rings. The molecule has 4 heteroatoms. The highest BCUT2D eigenvalue weighted by Gasteiger charge is 2.13. The number of hydrogen-bond acceptors (Lipinski definition) is 3. The summed E-state index contributed by atoms with van der Waals surface area (Å²) in [6.45, 7) is 1.90. The number of phenols is 1. The molecule has 0 unspecified atom stereocenters. The van der Waals surface area contributed by atoms with E-state index in [-0.39, 0.29) is 11.5 Å². The Labute approximate surface area is 103 Å². The second-order valence-electron chi connectivity index (χ2n) is 4.10. The van der Waals surface area contributed by atoms with Crippen molar-refractivity contribution < 1.29 is 10.2 Å². The number of phenolic OH excluding ortho intramolecular Hbond substituents is 1. The van der Waals surface area contributed by atoms with Crippen molar-refractivity contribution in [2.24, 2.45) is 0 Å². The molecule has 0 aliphatic heterocycles. The molecule has 0 radical (unpaired) electrons. The number of pyridine rings is 1. The Morgan fingerprint density at radius 3 is 2.78 bits per heavy atom. The molecule has 0 spiro atoms. The zero-order chi connectivity index (χ0) is 12.7. The van der Waals surface area contributed by atoms with Gasteiger partial charge in [-0.3, -0.25) is 4.98 Å². The van der Waals surface area contributed by atoms with Crippen LogP contribution in [0.4, 0.5) is 0 Å². The van der Waals surface area contributed by atoms with E-state index in [0.29, 0.717) is 10.9 Å². The van der Waals surface area contributed by atoms with E-state index in [2.05, 4.69) is 9.97 Å². The van der Waals surface area contributed by atoms with E-state index >= 15 is 0 Å². The normalized spacial score (nSPS) is 11.8. The molecule has 4 nitrogen and oxygen atoms in total. The van der Waals surface area contributed by atoms with Crippen LogP contribution in [0.25, 0.3) is 27.9 Å². The third-order valence-corrected chi connectivity index (χ3v) is 2.97. The van der Waals surface area contributed by atoms with Crippen LogP contribution in [0.1, 0.15) is 12.6 Å². The van der Waals surface area contributed by atoms with Crippen LogP contribution in [0.2, 0.25) is 0 Å². The van der Waals surface area contributed by atoms with Crippen LogP contribution in [0.5, 0.6) is 11.5 Å². The number of benzene rings is 1. The number of nitrogens with one attached hydrogen (secondary N) is 1. The minimum atomic E-state index is 0.107. The molecule has 0 atom stereocenters. The molecule has 2 heterocycles. The smallest absolute Gasteiger partial charge is 0.143 e. The van der Waals surface area contributed by atoms with E-state index in [1.807, 2.05) is 25.1 Å². The highest BCUT2D eigenvalue weighted by atomic mass is 16.3. The van der Waals surface area contributed by atoms with Gasteiger partial charge in [0.15, 0.2) is 0 Å². The molecule has 0 saturated carbocycles. The van der Waals surface area contributed by atoms with Gasteiger partial charge in [0.25, 0.3) is 0 Å². The van der Waals surface area contributed by atoms with Gasteiger partial charge < -0.3 is 15.2 Å². The highest BCUT2D eigenvalue weighted by molar-refractivity contribution is 6.13. The molecule has 1 aromatic carbocycles. The van der Waals surface area contributed by atoms with Gasteiger partial charge in [-0.1, -0.05) is 18.2 Å². The van der Waals surface area contributed by atoms with Crippen LogP contribution >= 0.6 is 0 Å². The minimum absolute atomic E-state index is 0.107. The second-order valence-corrected chi connectivity index (χ2v) is 4.10. The van der Waals surface area contributed by atoms with E-state index < -0.39 is 0 Å². The number of fused-ring (bicyclic) bond motifs is 3. The molecule has 90 valence electrons. The van der Waals surface area contributed by atoms with Crippen LogP contribution < -0.4 is 0 Å². The lowest BCUT2D eigenvalue weighted by atomic mass is 10.1. The zero-order valence-electron chi connectivity index (χ0n) is 9.81. The van der Waals surface area contributed by atoms with Crippen molar-refractivity contribution in [3.8, 4) is 11.5 Å². The lowest BCUT2D eigenvalue weighted by Crippen LogP contribution is -1.82. The zero-order valence-corrected chi connectivity index (χ0v) is 9.81. The maximum Gasteiger partial charge on any atom is 0.143 e. The predicted molar refractivity (Wildman–Crippen MR) is 71.6 cm³/mol. The van der Waals surface area contributed by atoms with Gasteiger partial charge >= 0.3 is 0 Å². The van der Waals surface area contributed by atoms with Crippen molar-refractivity contribution in [3.05, 3.63) is 36.2 Å². The summed E-state index contributed by atoms with van der Waals surface area (Å²) in [5.74, 6) is 0.268. The predicted octanol–water partition coefficient (Wildman–Crippen LogP) is 3.16. The summed E-state index contributed by atoms with van der Waals surface area (Å²) >= 11 is 0. The molecule has 0 aliphatic carbocycles. The molecule has 3 aromatic rings. The number of aromatic amines is 1. The quantitative estimate of drug-likeness (QED) is 0.612. The Hall–Kier alpha value is -2.49. The van der Waals surface area contributed by atoms with Crippen LogP contribution in [0.15, 0.2) is 30.5 Å². The summed E-state index contributed by atoms with van der Waals surface area (Å²) in [5.41, 5.74) is 2.08. The fraction of sp³-hybridized carbons (Fsp3) is 0.0714. The van der Waals surface area contributed by atoms with Crippen molar-refractivity contribution in [2.75, 3.05) is 0 Å². The number of rotatable bonds is 1. The standard InChI is InChI=1S/C14H12N2O2/c1-2-4-9-14-12(11(18)7-15-9)8-5-3-6-10(17)13(8)16-14/h2-7,16-18H,1H3/b4-2+. The Morgan fingerprint density at radius 2 is 2.00 bits per heavy atom. The molecule has 18 heavy (non-hydrogen) atoms. The summed E-state index contributed by atoms with van der Waals surface area (Å²) in [5, 5.41) is 21.3. The van der Waals surface area contributed by atoms with Crippen LogP contribution in [-0.4, -0.2) is 20.2 Å². The van der Waals surface area contributed by atoms with Crippen molar-refractivity contribution in [1.29, 1.82) is 0 Å². The molecule has 0 amide bonds. The van der Waals surface area contributed by atoms with E-state index in [0.717, 1.165) is 16.6 Å². The summed E-state index contributed by atoms with van der Waals surface area (Å²) in [6, 6.07) is 5.21. The van der Waals surface area contributed by atoms with Gasteiger partial charge in [0.05, 0.1) is 28.3 Å². The van der Waals surface area contributed by atoms with Gasteiger partial charge in [0.1, 0.15) is 11.5 Å². The third kappa shape index (κ3) is 1.35. The number of nitrogens with zero attached hydrogens (tertiary/aromatic N) is 1. The first kappa shape index (κ1) is 10.7. The summed E-state index contributed by atoms with van der Waals surface area (Å²) in [4.78, 5) is 7.29. The molecule has 0 bridgehead atoms. The Morgan fingerprint density at radius 1 is 1.17 bits per heavy atom. The molecule has 3 N–H and O–H groups in total. The largest absolute Gasteiger partial charge is 0.506 e.